The van der Waals surface area contributed by atoms with E-state index in [1.54, 1.807) is 30.3 Å². The Morgan fingerprint density at radius 1 is 1.17 bits per heavy atom. The Balaban J connectivity index is 1.47. The van der Waals surface area contributed by atoms with Crippen molar-refractivity contribution in [2.24, 2.45) is 0 Å². The maximum atomic E-state index is 13.9. The third kappa shape index (κ3) is 5.84. The van der Waals surface area contributed by atoms with E-state index in [1.807, 2.05) is 11.0 Å². The Hall–Kier alpha value is -2.84. The number of β-amino-alcohol motifs (C(OH)–C–C–N with tert-alkyl or cyclic N) is 1. The number of anilines is 2. The molecule has 2 aromatic rings. The molecule has 162 valence electrons. The summed E-state index contributed by atoms with van der Waals surface area (Å²) in [7, 11) is 1.52. The zero-order valence-corrected chi connectivity index (χ0v) is 17.3. The minimum atomic E-state index is -0.676. The van der Waals surface area contributed by atoms with E-state index in [0.29, 0.717) is 42.5 Å². The lowest BCUT2D eigenvalue weighted by Crippen LogP contribution is -2.49. The van der Waals surface area contributed by atoms with Gasteiger partial charge in [-0.05, 0) is 24.3 Å². The van der Waals surface area contributed by atoms with Crippen molar-refractivity contribution in [1.29, 1.82) is 0 Å². The summed E-state index contributed by atoms with van der Waals surface area (Å²) in [5.74, 6) is 0.594. The minimum Gasteiger partial charge on any atom is -0.493 e. The largest absolute Gasteiger partial charge is 0.493 e. The van der Waals surface area contributed by atoms with Crippen LogP contribution < -0.4 is 19.7 Å². The van der Waals surface area contributed by atoms with Crippen molar-refractivity contribution in [2.75, 3.05) is 56.7 Å². The predicted molar refractivity (Wildman–Crippen MR) is 114 cm³/mol. The van der Waals surface area contributed by atoms with Crippen molar-refractivity contribution in [2.45, 2.75) is 13.0 Å². The van der Waals surface area contributed by atoms with Gasteiger partial charge in [0.05, 0.1) is 12.8 Å². The second kappa shape index (κ2) is 10.3. The molecule has 1 aliphatic rings. The fraction of sp³-hybridized carbons (Fsp3) is 0.409. The molecule has 0 saturated carbocycles. The molecule has 3 rings (SSSR count). The number of carbonyl (C=O) groups excluding carboxylic acids is 1. The molecule has 1 heterocycles. The molecule has 0 radical (unpaired) electrons. The van der Waals surface area contributed by atoms with Crippen molar-refractivity contribution in [1.82, 2.24) is 4.90 Å². The van der Waals surface area contributed by atoms with Gasteiger partial charge in [0.2, 0.25) is 5.91 Å². The number of nitrogens with zero attached hydrogens (tertiary/aromatic N) is 2. The number of carbonyl (C=O) groups is 1. The number of rotatable bonds is 8. The van der Waals surface area contributed by atoms with Gasteiger partial charge in [-0.15, -0.1) is 0 Å². The Bertz CT molecular complexity index is 856. The van der Waals surface area contributed by atoms with E-state index < -0.39 is 6.10 Å². The lowest BCUT2D eigenvalue weighted by atomic mass is 10.2. The van der Waals surface area contributed by atoms with Crippen LogP contribution in [0.5, 0.6) is 11.5 Å². The molecule has 30 heavy (non-hydrogen) atoms. The number of methoxy groups -OCH3 is 1. The number of amides is 1. The topological polar surface area (TPSA) is 74.3 Å². The van der Waals surface area contributed by atoms with E-state index in [2.05, 4.69) is 10.2 Å². The number of hydrogen-bond donors (Lipinski definition) is 2. The number of halogens is 1. The first-order chi connectivity index (χ1) is 14.5. The summed E-state index contributed by atoms with van der Waals surface area (Å²) in [5.41, 5.74) is 1.23. The Kier molecular flexibility index (Phi) is 7.48. The highest BCUT2D eigenvalue weighted by Crippen LogP contribution is 2.30. The zero-order valence-electron chi connectivity index (χ0n) is 17.3. The fourth-order valence-corrected chi connectivity index (χ4v) is 3.48. The maximum absolute atomic E-state index is 13.9. The first kappa shape index (κ1) is 21.9. The molecule has 1 aliphatic heterocycles. The fourth-order valence-electron chi connectivity index (χ4n) is 3.48. The van der Waals surface area contributed by atoms with E-state index in [4.69, 9.17) is 9.47 Å². The highest BCUT2D eigenvalue weighted by atomic mass is 19.1. The number of ether oxygens (including phenoxy) is 2. The SMILES string of the molecule is COc1cc(NC(C)=O)ccc1OC[C@@H](O)CN1CCN(c2ccccc2F)CC1. The molecule has 8 heteroatoms. The average Bonchev–Trinajstić information content (AvgIpc) is 2.73. The van der Waals surface area contributed by atoms with Crippen molar-refractivity contribution < 1.29 is 23.8 Å². The van der Waals surface area contributed by atoms with Crippen LogP contribution in [-0.2, 0) is 4.79 Å². The normalized spacial score (nSPS) is 15.5. The zero-order chi connectivity index (χ0) is 21.5. The van der Waals surface area contributed by atoms with E-state index in [0.717, 1.165) is 13.1 Å². The van der Waals surface area contributed by atoms with Crippen LogP contribution in [0.25, 0.3) is 0 Å². The molecule has 2 aromatic carbocycles. The third-order valence-corrected chi connectivity index (χ3v) is 4.95. The molecule has 1 atom stereocenters. The van der Waals surface area contributed by atoms with Crippen LogP contribution in [0.3, 0.4) is 0 Å². The monoisotopic (exact) mass is 417 g/mol. The van der Waals surface area contributed by atoms with Gasteiger partial charge in [0.25, 0.3) is 0 Å². The number of hydrogen-bond acceptors (Lipinski definition) is 6. The predicted octanol–water partition coefficient (Wildman–Crippen LogP) is 2.35. The molecule has 1 fully saturated rings. The highest BCUT2D eigenvalue weighted by molar-refractivity contribution is 5.89. The molecular weight excluding hydrogens is 389 g/mol. The smallest absolute Gasteiger partial charge is 0.221 e. The first-order valence-electron chi connectivity index (χ1n) is 9.94. The standard InChI is InChI=1S/C22H28FN3O4/c1-16(27)24-17-7-8-21(22(13-17)29-2)30-15-18(28)14-25-9-11-26(12-10-25)20-6-4-3-5-19(20)23/h3-8,13,18,28H,9-12,14-15H2,1-2H3,(H,24,27)/t18-/m0/s1. The molecular formula is C22H28FN3O4. The van der Waals surface area contributed by atoms with Gasteiger partial charge in [-0.3, -0.25) is 9.69 Å². The summed E-state index contributed by atoms with van der Waals surface area (Å²) < 4.78 is 25.0. The van der Waals surface area contributed by atoms with Gasteiger partial charge in [-0.25, -0.2) is 4.39 Å². The molecule has 0 unspecified atom stereocenters. The number of nitrogens with one attached hydrogen (secondary N) is 1. The van der Waals surface area contributed by atoms with Crippen LogP contribution in [0.4, 0.5) is 15.8 Å². The van der Waals surface area contributed by atoms with Gasteiger partial charge >= 0.3 is 0 Å². The van der Waals surface area contributed by atoms with E-state index in [-0.39, 0.29) is 18.3 Å². The summed E-state index contributed by atoms with van der Waals surface area (Å²) in [6.07, 6.45) is -0.676. The molecule has 0 spiro atoms. The van der Waals surface area contributed by atoms with Gasteiger partial charge < -0.3 is 24.8 Å². The lowest BCUT2D eigenvalue weighted by molar-refractivity contribution is -0.114. The number of aliphatic hydroxyl groups is 1. The molecule has 1 amide bonds. The summed E-state index contributed by atoms with van der Waals surface area (Å²) in [4.78, 5) is 15.3. The number of benzene rings is 2. The average molecular weight is 417 g/mol. The first-order valence-corrected chi connectivity index (χ1v) is 9.94. The second-order valence-electron chi connectivity index (χ2n) is 7.25. The molecule has 7 nitrogen and oxygen atoms in total. The number of aliphatic hydroxyl groups excluding tert-OH is 1. The van der Waals surface area contributed by atoms with Gasteiger partial charge in [0.1, 0.15) is 18.5 Å². The van der Waals surface area contributed by atoms with Crippen molar-refractivity contribution in [3.05, 3.63) is 48.3 Å². The Morgan fingerprint density at radius 2 is 1.90 bits per heavy atom. The van der Waals surface area contributed by atoms with Gasteiger partial charge in [0, 0.05) is 51.4 Å². The summed E-state index contributed by atoms with van der Waals surface area (Å²) >= 11 is 0. The van der Waals surface area contributed by atoms with Crippen LogP contribution in [0.1, 0.15) is 6.92 Å². The summed E-state index contributed by atoms with van der Waals surface area (Å²) in [6, 6.07) is 11.9. The van der Waals surface area contributed by atoms with Crippen molar-refractivity contribution in [3.8, 4) is 11.5 Å². The number of para-hydroxylation sites is 1. The summed E-state index contributed by atoms with van der Waals surface area (Å²) in [6.45, 7) is 4.89. The van der Waals surface area contributed by atoms with Crippen molar-refractivity contribution >= 4 is 17.3 Å². The van der Waals surface area contributed by atoms with Crippen LogP contribution in [0.15, 0.2) is 42.5 Å². The molecule has 0 aliphatic carbocycles. The van der Waals surface area contributed by atoms with E-state index in [9.17, 15) is 14.3 Å². The van der Waals surface area contributed by atoms with Crippen LogP contribution >= 0.6 is 0 Å². The minimum absolute atomic E-state index is 0.114. The Morgan fingerprint density at radius 3 is 2.57 bits per heavy atom. The second-order valence-corrected chi connectivity index (χ2v) is 7.25. The third-order valence-electron chi connectivity index (χ3n) is 4.95. The molecule has 1 saturated heterocycles. The van der Waals surface area contributed by atoms with E-state index in [1.165, 1.54) is 20.1 Å². The van der Waals surface area contributed by atoms with Gasteiger partial charge in [0.15, 0.2) is 11.5 Å². The van der Waals surface area contributed by atoms with Gasteiger partial charge in [-0.1, -0.05) is 12.1 Å². The van der Waals surface area contributed by atoms with Gasteiger partial charge in [-0.2, -0.15) is 0 Å². The van der Waals surface area contributed by atoms with Crippen LogP contribution in [0.2, 0.25) is 0 Å². The maximum Gasteiger partial charge on any atom is 0.221 e. The lowest BCUT2D eigenvalue weighted by Gasteiger charge is -2.36. The van der Waals surface area contributed by atoms with Crippen LogP contribution in [0, 0.1) is 5.82 Å². The highest BCUT2D eigenvalue weighted by Gasteiger charge is 2.21. The Labute approximate surface area is 176 Å². The molecule has 0 bridgehead atoms. The number of piperazine rings is 1. The summed E-state index contributed by atoms with van der Waals surface area (Å²) in [5, 5.41) is 13.1. The van der Waals surface area contributed by atoms with E-state index >= 15 is 0 Å². The molecule has 2 N–H and O–H groups in total. The van der Waals surface area contributed by atoms with Crippen LogP contribution in [-0.4, -0.2) is 68.5 Å². The quantitative estimate of drug-likeness (QED) is 0.687. The molecule has 0 aromatic heterocycles. The van der Waals surface area contributed by atoms with Crippen molar-refractivity contribution in [3.63, 3.8) is 0 Å².